The van der Waals surface area contributed by atoms with Crippen LogP contribution in [0, 0.1) is 18.3 Å². The third kappa shape index (κ3) is 2.91. The number of nitriles is 1. The highest BCUT2D eigenvalue weighted by molar-refractivity contribution is 6.32. The lowest BCUT2D eigenvalue weighted by atomic mass is 10.0. The molecule has 2 N–H and O–H groups in total. The van der Waals surface area contributed by atoms with Gasteiger partial charge in [0, 0.05) is 0 Å². The average molecular weight is 304 g/mol. The summed E-state index contributed by atoms with van der Waals surface area (Å²) >= 11 is 5.73. The van der Waals surface area contributed by atoms with Crippen LogP contribution in [0.1, 0.15) is 21.7 Å². The van der Waals surface area contributed by atoms with Crippen LogP contribution < -0.4 is 0 Å². The van der Waals surface area contributed by atoms with Gasteiger partial charge in [-0.2, -0.15) is 5.26 Å². The Morgan fingerprint density at radius 1 is 1.43 bits per heavy atom. The first kappa shape index (κ1) is 14.7. The number of allylic oxidation sites excluding steroid dienone is 1. The van der Waals surface area contributed by atoms with Gasteiger partial charge in [-0.3, -0.25) is 4.79 Å². The summed E-state index contributed by atoms with van der Waals surface area (Å²) in [6, 6.07) is 5.82. The van der Waals surface area contributed by atoms with Crippen molar-refractivity contribution in [2.45, 2.75) is 6.92 Å². The lowest BCUT2D eigenvalue weighted by molar-refractivity contribution is 0.103. The second-order valence-electron chi connectivity index (χ2n) is 4.26. The Labute approximate surface area is 125 Å². The molecule has 0 aliphatic carbocycles. The number of furan rings is 1. The fraction of sp³-hybridized carbons (Fsp3) is 0.0667. The Hall–Kier alpha value is -2.71. The number of hydrogen-bond donors (Lipinski definition) is 2. The van der Waals surface area contributed by atoms with E-state index in [1.165, 1.54) is 30.5 Å². The van der Waals surface area contributed by atoms with Gasteiger partial charge < -0.3 is 14.6 Å². The number of aromatic hydroxyl groups is 2. The summed E-state index contributed by atoms with van der Waals surface area (Å²) in [6.07, 6.45) is 2.64. The van der Waals surface area contributed by atoms with E-state index in [0.717, 1.165) is 0 Å². The monoisotopic (exact) mass is 303 g/mol. The maximum Gasteiger partial charge on any atom is 0.207 e. The molecule has 0 fully saturated rings. The van der Waals surface area contributed by atoms with Gasteiger partial charge >= 0.3 is 0 Å². The van der Waals surface area contributed by atoms with E-state index in [-0.39, 0.29) is 16.2 Å². The SMILES string of the molecule is Cc1occc1C(=O)/C(C#N)=C\c1cc(O)c(O)c(Cl)c1. The maximum absolute atomic E-state index is 12.2. The molecular formula is C15H10ClNO4. The fourth-order valence-corrected chi connectivity index (χ4v) is 1.99. The van der Waals surface area contributed by atoms with Crippen molar-refractivity contribution in [3.05, 3.63) is 51.9 Å². The minimum Gasteiger partial charge on any atom is -0.504 e. The van der Waals surface area contributed by atoms with E-state index in [1.807, 2.05) is 0 Å². The molecule has 21 heavy (non-hydrogen) atoms. The number of hydrogen-bond acceptors (Lipinski definition) is 5. The minimum absolute atomic E-state index is 0.0783. The van der Waals surface area contributed by atoms with E-state index in [2.05, 4.69) is 0 Å². The van der Waals surface area contributed by atoms with Crippen LogP contribution in [0.5, 0.6) is 11.5 Å². The number of phenolic OH excluding ortho intramolecular Hbond substituents is 2. The van der Waals surface area contributed by atoms with Crippen molar-refractivity contribution in [1.82, 2.24) is 0 Å². The lowest BCUT2D eigenvalue weighted by Crippen LogP contribution is -2.02. The van der Waals surface area contributed by atoms with Crippen LogP contribution in [-0.2, 0) is 0 Å². The molecule has 0 atom stereocenters. The molecule has 1 heterocycles. The van der Waals surface area contributed by atoms with Crippen LogP contribution in [-0.4, -0.2) is 16.0 Å². The highest BCUT2D eigenvalue weighted by Gasteiger charge is 2.17. The molecule has 0 unspecified atom stereocenters. The summed E-state index contributed by atoms with van der Waals surface area (Å²) in [5.41, 5.74) is 0.471. The predicted octanol–water partition coefficient (Wildman–Crippen LogP) is 3.44. The second-order valence-corrected chi connectivity index (χ2v) is 4.67. The third-order valence-electron chi connectivity index (χ3n) is 2.85. The predicted molar refractivity (Wildman–Crippen MR) is 76.1 cm³/mol. The summed E-state index contributed by atoms with van der Waals surface area (Å²) in [7, 11) is 0. The first-order chi connectivity index (χ1) is 9.93. The van der Waals surface area contributed by atoms with Gasteiger partial charge in [0.25, 0.3) is 0 Å². The van der Waals surface area contributed by atoms with Crippen molar-refractivity contribution in [3.8, 4) is 17.6 Å². The van der Waals surface area contributed by atoms with Crippen molar-refractivity contribution in [3.63, 3.8) is 0 Å². The molecule has 5 nitrogen and oxygen atoms in total. The fourth-order valence-electron chi connectivity index (χ4n) is 1.77. The van der Waals surface area contributed by atoms with Gasteiger partial charge in [0.2, 0.25) is 5.78 Å². The molecule has 0 radical (unpaired) electrons. The van der Waals surface area contributed by atoms with Crippen molar-refractivity contribution in [1.29, 1.82) is 5.26 Å². The zero-order valence-electron chi connectivity index (χ0n) is 10.9. The first-order valence-electron chi connectivity index (χ1n) is 5.86. The van der Waals surface area contributed by atoms with E-state index in [0.29, 0.717) is 11.3 Å². The number of halogens is 1. The molecule has 0 bridgehead atoms. The Bertz CT molecular complexity index is 760. The smallest absolute Gasteiger partial charge is 0.207 e. The number of Topliss-reactive ketones (excluding diaryl/α,β-unsaturated/α-hetero) is 1. The van der Waals surface area contributed by atoms with Gasteiger partial charge in [-0.1, -0.05) is 11.6 Å². The van der Waals surface area contributed by atoms with Crippen LogP contribution in [0.2, 0.25) is 5.02 Å². The van der Waals surface area contributed by atoms with Crippen LogP contribution >= 0.6 is 11.6 Å². The molecule has 1 aromatic carbocycles. The van der Waals surface area contributed by atoms with Crippen molar-refractivity contribution in [2.75, 3.05) is 0 Å². The quantitative estimate of drug-likeness (QED) is 0.392. The molecule has 0 aliphatic rings. The van der Waals surface area contributed by atoms with Crippen LogP contribution in [0.25, 0.3) is 6.08 Å². The van der Waals surface area contributed by atoms with Crippen molar-refractivity contribution < 1.29 is 19.4 Å². The van der Waals surface area contributed by atoms with E-state index in [9.17, 15) is 15.0 Å². The number of ketones is 1. The zero-order valence-corrected chi connectivity index (χ0v) is 11.7. The summed E-state index contributed by atoms with van der Waals surface area (Å²) < 4.78 is 5.03. The normalized spacial score (nSPS) is 11.2. The van der Waals surface area contributed by atoms with Crippen molar-refractivity contribution >= 4 is 23.5 Å². The second kappa shape index (κ2) is 5.73. The largest absolute Gasteiger partial charge is 0.504 e. The molecule has 1 aromatic heterocycles. The van der Waals surface area contributed by atoms with Crippen molar-refractivity contribution in [2.24, 2.45) is 0 Å². The number of nitrogens with zero attached hydrogens (tertiary/aromatic N) is 1. The van der Waals surface area contributed by atoms with Crippen LogP contribution in [0.15, 0.2) is 34.5 Å². The maximum atomic E-state index is 12.2. The molecule has 0 saturated heterocycles. The highest BCUT2D eigenvalue weighted by Crippen LogP contribution is 2.34. The van der Waals surface area contributed by atoms with Gasteiger partial charge in [-0.25, -0.2) is 0 Å². The number of rotatable bonds is 3. The summed E-state index contributed by atoms with van der Waals surface area (Å²) in [6.45, 7) is 1.62. The minimum atomic E-state index is -0.493. The standard InChI is InChI=1S/C15H10ClNO4/c1-8-11(2-3-21-8)14(19)10(7-17)4-9-5-12(16)15(20)13(18)6-9/h2-6,18,20H,1H3/b10-4-. The number of phenols is 2. The Kier molecular flexibility index (Phi) is 4.01. The van der Waals surface area contributed by atoms with E-state index < -0.39 is 17.3 Å². The molecule has 2 aromatic rings. The van der Waals surface area contributed by atoms with E-state index >= 15 is 0 Å². The first-order valence-corrected chi connectivity index (χ1v) is 6.24. The number of aryl methyl sites for hydroxylation is 1. The molecule has 0 saturated carbocycles. The molecule has 0 amide bonds. The van der Waals surface area contributed by atoms with Gasteiger partial charge in [0.15, 0.2) is 11.5 Å². The number of benzene rings is 1. The Morgan fingerprint density at radius 2 is 2.14 bits per heavy atom. The summed E-state index contributed by atoms with van der Waals surface area (Å²) in [5.74, 6) is -0.970. The highest BCUT2D eigenvalue weighted by atomic mass is 35.5. The third-order valence-corrected chi connectivity index (χ3v) is 3.13. The Balaban J connectivity index is 2.45. The van der Waals surface area contributed by atoms with Gasteiger partial charge in [0.1, 0.15) is 17.4 Å². The molecule has 2 rings (SSSR count). The summed E-state index contributed by atoms with van der Waals surface area (Å²) in [5, 5.41) is 27.9. The number of carbonyl (C=O) groups is 1. The topological polar surface area (TPSA) is 94.5 Å². The molecule has 0 aliphatic heterocycles. The molecule has 106 valence electrons. The molecular weight excluding hydrogens is 294 g/mol. The van der Waals surface area contributed by atoms with Crippen LogP contribution in [0.3, 0.4) is 0 Å². The average Bonchev–Trinajstić information content (AvgIpc) is 2.87. The van der Waals surface area contributed by atoms with Crippen LogP contribution in [0.4, 0.5) is 0 Å². The van der Waals surface area contributed by atoms with E-state index in [4.69, 9.17) is 21.3 Å². The molecule has 0 spiro atoms. The molecule has 6 heteroatoms. The van der Waals surface area contributed by atoms with Gasteiger partial charge in [0.05, 0.1) is 16.8 Å². The van der Waals surface area contributed by atoms with Gasteiger partial charge in [-0.05, 0) is 36.8 Å². The van der Waals surface area contributed by atoms with E-state index in [1.54, 1.807) is 13.0 Å². The number of carbonyl (C=O) groups excluding carboxylic acids is 1. The zero-order chi connectivity index (χ0) is 15.6. The summed E-state index contributed by atoms with van der Waals surface area (Å²) in [4.78, 5) is 12.2. The lowest BCUT2D eigenvalue weighted by Gasteiger charge is -2.03. The Morgan fingerprint density at radius 3 is 2.67 bits per heavy atom. The van der Waals surface area contributed by atoms with Gasteiger partial charge in [-0.15, -0.1) is 0 Å².